The molecule has 0 fully saturated rings. The number of aryl methyl sites for hydroxylation is 1. The average molecular weight is 302 g/mol. The van der Waals surface area contributed by atoms with E-state index in [1.807, 2.05) is 0 Å². The van der Waals surface area contributed by atoms with E-state index in [-0.39, 0.29) is 27.1 Å². The molecule has 0 saturated carbocycles. The van der Waals surface area contributed by atoms with E-state index < -0.39 is 5.97 Å². The van der Waals surface area contributed by atoms with Gasteiger partial charge in [-0.2, -0.15) is 0 Å². The van der Waals surface area contributed by atoms with Crippen LogP contribution >= 0.6 is 11.3 Å². The van der Waals surface area contributed by atoms with Crippen LogP contribution in [0.3, 0.4) is 0 Å². The Kier molecular flexibility index (Phi) is 2.99. The van der Waals surface area contributed by atoms with Gasteiger partial charge in [-0.3, -0.25) is 4.79 Å². The number of hydrogen-bond donors (Lipinski definition) is 3. The fourth-order valence-electron chi connectivity index (χ4n) is 2.17. The van der Waals surface area contributed by atoms with Crippen LogP contribution in [0.15, 0.2) is 29.3 Å². The molecule has 3 rings (SSSR count). The minimum Gasteiger partial charge on any atom is -0.506 e. The molecular formula is C14H10N2O4S. The van der Waals surface area contributed by atoms with Crippen molar-refractivity contribution >= 4 is 28.2 Å². The number of hydrogen-bond acceptors (Lipinski definition) is 5. The molecule has 1 aromatic carbocycles. The number of phenolic OH excluding ortho intramolecular Hbond substituents is 1. The maximum Gasteiger partial charge on any atom is 0.345 e. The van der Waals surface area contributed by atoms with Crippen LogP contribution in [0.4, 0.5) is 0 Å². The molecule has 0 atom stereocenters. The number of H-pyrrole nitrogens is 1. The molecule has 2 aromatic heterocycles. The van der Waals surface area contributed by atoms with E-state index in [2.05, 4.69) is 9.97 Å². The van der Waals surface area contributed by atoms with E-state index >= 15 is 0 Å². The molecule has 2 heterocycles. The summed E-state index contributed by atoms with van der Waals surface area (Å²) in [6, 6.07) is 4.65. The number of carboxylic acid groups (broad SMARTS) is 1. The van der Waals surface area contributed by atoms with Gasteiger partial charge in [0.05, 0.1) is 11.7 Å². The normalized spacial score (nSPS) is 10.9. The fourth-order valence-corrected chi connectivity index (χ4v) is 3.16. The van der Waals surface area contributed by atoms with E-state index in [4.69, 9.17) is 5.11 Å². The van der Waals surface area contributed by atoms with Crippen LogP contribution in [0.1, 0.15) is 15.2 Å². The monoisotopic (exact) mass is 302 g/mol. The quantitative estimate of drug-likeness (QED) is 0.674. The summed E-state index contributed by atoms with van der Waals surface area (Å²) in [5, 5.41) is 19.3. The molecule has 6 nitrogen and oxygen atoms in total. The van der Waals surface area contributed by atoms with Gasteiger partial charge < -0.3 is 15.2 Å². The lowest BCUT2D eigenvalue weighted by atomic mass is 10.1. The Balaban J connectivity index is 2.29. The van der Waals surface area contributed by atoms with Gasteiger partial charge in [0.15, 0.2) is 0 Å². The molecule has 0 unspecified atom stereocenters. The first-order valence-electron chi connectivity index (χ1n) is 6.02. The van der Waals surface area contributed by atoms with Crippen molar-refractivity contribution in [2.24, 2.45) is 0 Å². The smallest absolute Gasteiger partial charge is 0.345 e. The van der Waals surface area contributed by atoms with Crippen LogP contribution in [-0.4, -0.2) is 26.2 Å². The molecule has 3 aromatic rings. The van der Waals surface area contributed by atoms with Gasteiger partial charge in [-0.05, 0) is 36.2 Å². The average Bonchev–Trinajstić information content (AvgIpc) is 2.82. The van der Waals surface area contributed by atoms with Gasteiger partial charge in [-0.25, -0.2) is 9.78 Å². The zero-order chi connectivity index (χ0) is 15.1. The summed E-state index contributed by atoms with van der Waals surface area (Å²) in [5.74, 6) is -1.11. The van der Waals surface area contributed by atoms with Crippen molar-refractivity contribution in [1.29, 1.82) is 0 Å². The van der Waals surface area contributed by atoms with Gasteiger partial charge in [-0.1, -0.05) is 0 Å². The number of aromatic carboxylic acids is 1. The fraction of sp³-hybridized carbons (Fsp3) is 0.0714. The second-order valence-corrected chi connectivity index (χ2v) is 5.60. The van der Waals surface area contributed by atoms with Gasteiger partial charge in [0, 0.05) is 4.88 Å². The summed E-state index contributed by atoms with van der Waals surface area (Å²) < 4.78 is 0. The second kappa shape index (κ2) is 4.71. The van der Waals surface area contributed by atoms with Crippen LogP contribution in [0.2, 0.25) is 0 Å². The van der Waals surface area contributed by atoms with Crippen LogP contribution in [-0.2, 0) is 0 Å². The van der Waals surface area contributed by atoms with E-state index in [1.54, 1.807) is 19.1 Å². The first kappa shape index (κ1) is 13.3. The zero-order valence-electron chi connectivity index (χ0n) is 10.9. The lowest BCUT2D eigenvalue weighted by molar-refractivity contribution is 0.0702. The molecule has 0 amide bonds. The summed E-state index contributed by atoms with van der Waals surface area (Å²) in [5.41, 5.74) is 1.23. The molecule has 0 aliphatic carbocycles. The van der Waals surface area contributed by atoms with Gasteiger partial charge in [-0.15, -0.1) is 11.3 Å². The van der Waals surface area contributed by atoms with Gasteiger partial charge in [0.1, 0.15) is 16.1 Å². The Bertz CT molecular complexity index is 926. The summed E-state index contributed by atoms with van der Waals surface area (Å²) in [4.78, 5) is 30.1. The van der Waals surface area contributed by atoms with E-state index in [9.17, 15) is 14.7 Å². The largest absolute Gasteiger partial charge is 0.506 e. The highest BCUT2D eigenvalue weighted by atomic mass is 32.1. The topological polar surface area (TPSA) is 103 Å². The predicted octanol–water partition coefficient (Wildman–Crippen LogP) is 2.36. The maximum absolute atomic E-state index is 11.8. The minimum absolute atomic E-state index is 0.113. The SMILES string of the molecule is Cc1cc(C(=O)O)sc1-c1cc(O)c2nc[nH]c(=O)c2c1. The summed E-state index contributed by atoms with van der Waals surface area (Å²) in [7, 11) is 0. The zero-order valence-corrected chi connectivity index (χ0v) is 11.7. The first-order valence-corrected chi connectivity index (χ1v) is 6.83. The molecule has 106 valence electrons. The highest BCUT2D eigenvalue weighted by Gasteiger charge is 2.15. The third-order valence-electron chi connectivity index (χ3n) is 3.11. The number of nitrogens with zero attached hydrogens (tertiary/aromatic N) is 1. The Morgan fingerprint density at radius 1 is 1.33 bits per heavy atom. The second-order valence-electron chi connectivity index (χ2n) is 4.55. The molecule has 3 N–H and O–H groups in total. The number of aromatic amines is 1. The molecule has 0 aliphatic rings. The Hall–Kier alpha value is -2.67. The molecule has 21 heavy (non-hydrogen) atoms. The lowest BCUT2D eigenvalue weighted by Crippen LogP contribution is -2.06. The van der Waals surface area contributed by atoms with Crippen LogP contribution in [0, 0.1) is 6.92 Å². The number of nitrogens with one attached hydrogen (secondary N) is 1. The number of aromatic nitrogens is 2. The Morgan fingerprint density at radius 3 is 2.76 bits per heavy atom. The number of carboxylic acids is 1. The number of aromatic hydroxyl groups is 1. The van der Waals surface area contributed by atoms with Crippen LogP contribution < -0.4 is 5.56 Å². The lowest BCUT2D eigenvalue weighted by Gasteiger charge is -2.04. The highest BCUT2D eigenvalue weighted by Crippen LogP contribution is 2.36. The summed E-state index contributed by atoms with van der Waals surface area (Å²) >= 11 is 1.10. The minimum atomic E-state index is -1.00. The maximum atomic E-state index is 11.8. The number of fused-ring (bicyclic) bond motifs is 1. The summed E-state index contributed by atoms with van der Waals surface area (Å²) in [6.45, 7) is 1.78. The molecule has 7 heteroatoms. The van der Waals surface area contributed by atoms with Gasteiger partial charge >= 0.3 is 5.97 Å². The highest BCUT2D eigenvalue weighted by molar-refractivity contribution is 7.17. The van der Waals surface area contributed by atoms with Crippen molar-refractivity contribution in [3.05, 3.63) is 45.3 Å². The number of carbonyl (C=O) groups is 1. The Labute approximate surface area is 122 Å². The van der Waals surface area contributed by atoms with E-state index in [1.165, 1.54) is 12.4 Å². The number of phenols is 1. The van der Waals surface area contributed by atoms with Crippen molar-refractivity contribution in [1.82, 2.24) is 9.97 Å². The molecule has 0 aliphatic heterocycles. The molecule has 0 bridgehead atoms. The molecule has 0 radical (unpaired) electrons. The third-order valence-corrected chi connectivity index (χ3v) is 4.39. The number of rotatable bonds is 2. The first-order chi connectivity index (χ1) is 9.97. The number of benzene rings is 1. The molecule has 0 saturated heterocycles. The van der Waals surface area contributed by atoms with Crippen molar-refractivity contribution in [3.63, 3.8) is 0 Å². The molecule has 0 spiro atoms. The van der Waals surface area contributed by atoms with Gasteiger partial charge in [0.25, 0.3) is 5.56 Å². The standard InChI is InChI=1S/C14H10N2O4S/c1-6-2-10(14(19)20)21-12(6)7-3-8-11(9(17)4-7)15-5-16-13(8)18/h2-5,17H,1H3,(H,19,20)(H,15,16,18). The molecular weight excluding hydrogens is 292 g/mol. The third kappa shape index (κ3) is 2.17. The van der Waals surface area contributed by atoms with E-state index in [0.29, 0.717) is 10.4 Å². The van der Waals surface area contributed by atoms with Crippen molar-refractivity contribution in [2.75, 3.05) is 0 Å². The van der Waals surface area contributed by atoms with E-state index in [0.717, 1.165) is 16.9 Å². The summed E-state index contributed by atoms with van der Waals surface area (Å²) in [6.07, 6.45) is 1.23. The van der Waals surface area contributed by atoms with Crippen molar-refractivity contribution in [2.45, 2.75) is 6.92 Å². The Morgan fingerprint density at radius 2 is 2.10 bits per heavy atom. The van der Waals surface area contributed by atoms with Crippen molar-refractivity contribution < 1.29 is 15.0 Å². The van der Waals surface area contributed by atoms with Crippen molar-refractivity contribution in [3.8, 4) is 16.2 Å². The van der Waals surface area contributed by atoms with Gasteiger partial charge in [0.2, 0.25) is 0 Å². The van der Waals surface area contributed by atoms with Crippen LogP contribution in [0.25, 0.3) is 21.3 Å². The van der Waals surface area contributed by atoms with Crippen LogP contribution in [0.5, 0.6) is 5.75 Å². The number of thiophene rings is 1. The predicted molar refractivity (Wildman–Crippen MR) is 79.0 cm³/mol.